The highest BCUT2D eigenvalue weighted by molar-refractivity contribution is 7.90. The number of rotatable bonds is 10. The van der Waals surface area contributed by atoms with Crippen LogP contribution in [0.5, 0.6) is 0 Å². The van der Waals surface area contributed by atoms with Gasteiger partial charge in [0.05, 0.1) is 10.5 Å². The number of nitrogens with one attached hydrogen (secondary N) is 1. The lowest BCUT2D eigenvalue weighted by Gasteiger charge is -2.07. The minimum atomic E-state index is -3.86. The summed E-state index contributed by atoms with van der Waals surface area (Å²) in [5.41, 5.74) is 0.303. The largest absolute Gasteiger partial charge is 0.454 e. The average molecular weight is 462 g/mol. The fourth-order valence-electron chi connectivity index (χ4n) is 2.81. The normalized spacial score (nSPS) is 10.9. The number of benzene rings is 2. The number of carbonyl (C=O) groups is 3. The van der Waals surface area contributed by atoms with Crippen LogP contribution in [-0.4, -0.2) is 50.4 Å². The van der Waals surface area contributed by atoms with Crippen molar-refractivity contribution in [1.82, 2.24) is 5.32 Å². The number of hydrogen-bond acceptors (Lipinski definition) is 8. The summed E-state index contributed by atoms with van der Waals surface area (Å²) in [5, 5.41) is 13.8. The highest BCUT2D eigenvalue weighted by Gasteiger charge is 2.24. The molecule has 1 N–H and O–H groups in total. The molecule has 0 fully saturated rings. The molecule has 0 unspecified atom stereocenters. The zero-order chi connectivity index (χ0) is 23.9. The topological polar surface area (TPSA) is 150 Å². The first kappa shape index (κ1) is 24.7. The zero-order valence-electron chi connectivity index (χ0n) is 17.5. The second-order valence-corrected chi connectivity index (χ2v) is 8.98. The minimum absolute atomic E-state index is 0.0959. The van der Waals surface area contributed by atoms with Gasteiger partial charge >= 0.3 is 5.97 Å². The molecule has 0 bridgehead atoms. The van der Waals surface area contributed by atoms with Gasteiger partial charge in [-0.15, -0.1) is 0 Å². The monoisotopic (exact) mass is 462 g/mol. The van der Waals surface area contributed by atoms with Crippen molar-refractivity contribution >= 4 is 33.2 Å². The Hall–Kier alpha value is -3.60. The van der Waals surface area contributed by atoms with E-state index in [-0.39, 0.29) is 11.5 Å². The molecule has 0 aliphatic heterocycles. The first-order valence-corrected chi connectivity index (χ1v) is 11.4. The van der Waals surface area contributed by atoms with E-state index in [1.165, 1.54) is 6.92 Å². The number of nitro benzene ring substituents is 1. The number of ether oxygens (including phenoxy) is 1. The van der Waals surface area contributed by atoms with E-state index in [1.807, 2.05) is 0 Å². The number of nitro groups is 1. The second-order valence-electron chi connectivity index (χ2n) is 6.99. The third-order valence-corrected chi connectivity index (χ3v) is 5.56. The molecule has 0 atom stereocenters. The molecular weight excluding hydrogens is 440 g/mol. The predicted octanol–water partition coefficient (Wildman–Crippen LogP) is 2.11. The summed E-state index contributed by atoms with van der Waals surface area (Å²) in [4.78, 5) is 45.0. The molecule has 1 amide bonds. The number of sulfone groups is 1. The van der Waals surface area contributed by atoms with Crippen LogP contribution in [0.2, 0.25) is 0 Å². The van der Waals surface area contributed by atoms with Gasteiger partial charge in [-0.2, -0.15) is 0 Å². The molecule has 0 radical (unpaired) electrons. The van der Waals surface area contributed by atoms with E-state index in [4.69, 9.17) is 4.74 Å². The maximum absolute atomic E-state index is 12.3. The van der Waals surface area contributed by atoms with Crippen molar-refractivity contribution in [2.75, 3.05) is 19.4 Å². The lowest BCUT2D eigenvalue weighted by molar-refractivity contribution is -0.387. The van der Waals surface area contributed by atoms with Crippen molar-refractivity contribution in [3.05, 3.63) is 69.3 Å². The molecule has 0 aliphatic rings. The van der Waals surface area contributed by atoms with E-state index in [2.05, 4.69) is 5.32 Å². The number of nitrogens with zero attached hydrogens (tertiary/aromatic N) is 1. The van der Waals surface area contributed by atoms with Crippen molar-refractivity contribution in [3.63, 3.8) is 0 Å². The summed E-state index contributed by atoms with van der Waals surface area (Å²) in [6.45, 7) is 1.41. The fraction of sp³-hybridized carbons (Fsp3) is 0.286. The molecule has 0 spiro atoms. The molecule has 170 valence electrons. The molecule has 2 rings (SSSR count). The van der Waals surface area contributed by atoms with Gasteiger partial charge in [0, 0.05) is 31.4 Å². The summed E-state index contributed by atoms with van der Waals surface area (Å²) in [7, 11) is -3.86. The molecule has 11 heteroatoms. The van der Waals surface area contributed by atoms with Crippen LogP contribution < -0.4 is 5.32 Å². The smallest absolute Gasteiger partial charge is 0.338 e. The Bertz CT molecular complexity index is 1140. The number of aryl methyl sites for hydroxylation is 1. The Labute approximate surface area is 184 Å². The third-order valence-electron chi connectivity index (χ3n) is 4.42. The Morgan fingerprint density at radius 3 is 2.25 bits per heavy atom. The molecule has 0 saturated carbocycles. The summed E-state index contributed by atoms with van der Waals surface area (Å²) in [6, 6.07) is 9.55. The van der Waals surface area contributed by atoms with Gasteiger partial charge < -0.3 is 10.1 Å². The quantitative estimate of drug-likeness (QED) is 0.185. The Morgan fingerprint density at radius 1 is 1.06 bits per heavy atom. The van der Waals surface area contributed by atoms with Crippen molar-refractivity contribution in [2.24, 2.45) is 0 Å². The van der Waals surface area contributed by atoms with E-state index < -0.39 is 43.7 Å². The maximum atomic E-state index is 12.3. The number of esters is 1. The molecular formula is C21H22N2O8S. The molecule has 32 heavy (non-hydrogen) atoms. The number of Topliss-reactive ketones (excluding diaryl/α,β-unsaturated/α-hetero) is 1. The van der Waals surface area contributed by atoms with Gasteiger partial charge in [-0.1, -0.05) is 24.3 Å². The molecule has 2 aromatic carbocycles. The number of amides is 1. The molecule has 0 saturated heterocycles. The van der Waals surface area contributed by atoms with Gasteiger partial charge in [-0.25, -0.2) is 13.2 Å². The summed E-state index contributed by atoms with van der Waals surface area (Å²) in [5.74, 6) is -1.55. The van der Waals surface area contributed by atoms with E-state index in [0.717, 1.165) is 36.4 Å². The maximum Gasteiger partial charge on any atom is 0.338 e. The molecule has 0 heterocycles. The van der Waals surface area contributed by atoms with Gasteiger partial charge in [0.2, 0.25) is 5.91 Å². The van der Waals surface area contributed by atoms with Crippen LogP contribution in [0.1, 0.15) is 39.6 Å². The lowest BCUT2D eigenvalue weighted by Crippen LogP contribution is -2.21. The van der Waals surface area contributed by atoms with Crippen LogP contribution in [0.25, 0.3) is 0 Å². The zero-order valence-corrected chi connectivity index (χ0v) is 18.3. The van der Waals surface area contributed by atoms with Crippen molar-refractivity contribution in [2.45, 2.75) is 24.7 Å². The van der Waals surface area contributed by atoms with Crippen LogP contribution in [-0.2, 0) is 25.8 Å². The molecule has 10 nitrogen and oxygen atoms in total. The Morgan fingerprint density at radius 2 is 1.69 bits per heavy atom. The lowest BCUT2D eigenvalue weighted by atomic mass is 10.1. The summed E-state index contributed by atoms with van der Waals surface area (Å²) in [6.07, 6.45) is 2.28. The van der Waals surface area contributed by atoms with E-state index in [0.29, 0.717) is 18.5 Å². The summed E-state index contributed by atoms with van der Waals surface area (Å²) >= 11 is 0. The van der Waals surface area contributed by atoms with E-state index in [1.54, 1.807) is 24.3 Å². The molecule has 0 aromatic heterocycles. The van der Waals surface area contributed by atoms with E-state index >= 15 is 0 Å². The van der Waals surface area contributed by atoms with Crippen LogP contribution in [0.3, 0.4) is 0 Å². The van der Waals surface area contributed by atoms with Crippen LogP contribution >= 0.6 is 0 Å². The van der Waals surface area contributed by atoms with Gasteiger partial charge in [0.15, 0.2) is 22.2 Å². The van der Waals surface area contributed by atoms with Crippen molar-refractivity contribution < 1.29 is 32.5 Å². The molecule has 0 aliphatic carbocycles. The first-order valence-electron chi connectivity index (χ1n) is 9.51. The standard InChI is InChI=1S/C21H22N2O8S/c1-14(24)22-11-3-4-15-5-7-16(8-6-15)19(25)13-31-21(26)17-9-10-20(32(2,29)30)18(12-17)23(27)28/h5-10,12H,3-4,11,13H2,1-2H3,(H,22,24). The number of hydrogen-bond donors (Lipinski definition) is 1. The highest BCUT2D eigenvalue weighted by atomic mass is 32.2. The second kappa shape index (κ2) is 10.6. The minimum Gasteiger partial charge on any atom is -0.454 e. The summed E-state index contributed by atoms with van der Waals surface area (Å²) < 4.78 is 28.2. The average Bonchev–Trinajstić information content (AvgIpc) is 2.74. The van der Waals surface area contributed by atoms with Crippen molar-refractivity contribution in [1.29, 1.82) is 0 Å². The van der Waals surface area contributed by atoms with Gasteiger partial charge in [0.1, 0.15) is 4.90 Å². The third kappa shape index (κ3) is 6.98. The highest BCUT2D eigenvalue weighted by Crippen LogP contribution is 2.25. The predicted molar refractivity (Wildman–Crippen MR) is 114 cm³/mol. The van der Waals surface area contributed by atoms with E-state index in [9.17, 15) is 32.9 Å². The fourth-order valence-corrected chi connectivity index (χ4v) is 3.64. The Balaban J connectivity index is 1.98. The first-order chi connectivity index (χ1) is 15.0. The van der Waals surface area contributed by atoms with Gasteiger partial charge in [0.25, 0.3) is 5.69 Å². The van der Waals surface area contributed by atoms with Crippen LogP contribution in [0, 0.1) is 10.1 Å². The van der Waals surface area contributed by atoms with Gasteiger partial charge in [-0.3, -0.25) is 19.7 Å². The SMILES string of the molecule is CC(=O)NCCCc1ccc(C(=O)COC(=O)c2ccc(S(C)(=O)=O)c([N+](=O)[O-])c2)cc1. The number of ketones is 1. The van der Waals surface area contributed by atoms with Crippen LogP contribution in [0.4, 0.5) is 5.69 Å². The Kier molecular flexibility index (Phi) is 8.19. The van der Waals surface area contributed by atoms with Gasteiger partial charge in [-0.05, 0) is 30.5 Å². The van der Waals surface area contributed by atoms with Crippen LogP contribution in [0.15, 0.2) is 47.4 Å². The number of carbonyl (C=O) groups excluding carboxylic acids is 3. The van der Waals surface area contributed by atoms with Crippen molar-refractivity contribution in [3.8, 4) is 0 Å². The molecule has 2 aromatic rings.